The molecule has 12 heteroatoms. The van der Waals surface area contributed by atoms with Crippen LogP contribution in [0.5, 0.6) is 5.75 Å². The maximum absolute atomic E-state index is 12.7. The van der Waals surface area contributed by atoms with E-state index in [2.05, 4.69) is 9.98 Å². The molecule has 0 saturated heterocycles. The Hall–Kier alpha value is -3.41. The molecule has 1 atom stereocenters. The monoisotopic (exact) mass is 477 g/mol. The summed E-state index contributed by atoms with van der Waals surface area (Å²) in [6, 6.07) is 9.52. The first kappa shape index (κ1) is 23.3. The number of guanidine groups is 1. The van der Waals surface area contributed by atoms with Crippen molar-refractivity contribution in [2.24, 2.45) is 22.2 Å². The highest BCUT2D eigenvalue weighted by molar-refractivity contribution is 7.87. The van der Waals surface area contributed by atoms with E-state index in [4.69, 9.17) is 37.7 Å². The van der Waals surface area contributed by atoms with Crippen LogP contribution >= 0.6 is 11.6 Å². The molecule has 10 nitrogen and oxygen atoms in total. The molecule has 0 spiro atoms. The van der Waals surface area contributed by atoms with E-state index in [-0.39, 0.29) is 33.5 Å². The zero-order valence-electron chi connectivity index (χ0n) is 16.9. The van der Waals surface area contributed by atoms with Crippen molar-refractivity contribution in [2.45, 2.75) is 17.4 Å². The van der Waals surface area contributed by atoms with Crippen LogP contribution in [0.2, 0.25) is 5.02 Å². The topological polar surface area (TPSA) is 173 Å². The van der Waals surface area contributed by atoms with Gasteiger partial charge in [0.2, 0.25) is 0 Å². The molecule has 0 aliphatic carbocycles. The number of carbonyl (C=O) groups excluding carboxylic acids is 1. The quantitative estimate of drug-likeness (QED) is 0.259. The molecule has 168 valence electrons. The summed E-state index contributed by atoms with van der Waals surface area (Å²) in [6.07, 6.45) is 1.41. The number of methoxy groups -OCH3 is 1. The maximum Gasteiger partial charge on any atom is 0.341 e. The number of pyridine rings is 1. The van der Waals surface area contributed by atoms with Gasteiger partial charge in [-0.15, -0.1) is 0 Å². The van der Waals surface area contributed by atoms with Gasteiger partial charge in [-0.2, -0.15) is 13.4 Å². The van der Waals surface area contributed by atoms with Gasteiger partial charge in [-0.3, -0.25) is 0 Å². The first-order chi connectivity index (χ1) is 15.1. The number of nitrogens with two attached hydrogens (primary N) is 3. The van der Waals surface area contributed by atoms with Gasteiger partial charge < -0.3 is 26.1 Å². The van der Waals surface area contributed by atoms with E-state index in [9.17, 15) is 13.2 Å². The van der Waals surface area contributed by atoms with E-state index in [1.165, 1.54) is 31.5 Å². The van der Waals surface area contributed by atoms with Crippen LogP contribution in [0.4, 0.5) is 5.82 Å². The summed E-state index contributed by atoms with van der Waals surface area (Å²) in [5, 5.41) is 0.978. The van der Waals surface area contributed by atoms with Gasteiger partial charge in [0.1, 0.15) is 16.7 Å². The predicted molar refractivity (Wildman–Crippen MR) is 120 cm³/mol. The van der Waals surface area contributed by atoms with Crippen LogP contribution < -0.4 is 21.9 Å². The molecule has 2 aromatic carbocycles. The van der Waals surface area contributed by atoms with Crippen molar-refractivity contribution in [2.75, 3.05) is 7.11 Å². The van der Waals surface area contributed by atoms with Gasteiger partial charge in [-0.1, -0.05) is 29.8 Å². The summed E-state index contributed by atoms with van der Waals surface area (Å²) < 4.78 is 35.2. The third kappa shape index (κ3) is 5.25. The third-order valence-corrected chi connectivity index (χ3v) is 5.94. The number of nitrogens with zero attached hydrogens (tertiary/aromatic N) is 2. The molecular weight excluding hydrogens is 458 g/mol. The zero-order valence-corrected chi connectivity index (χ0v) is 18.4. The number of hydrogen-bond acceptors (Lipinski definition) is 8. The van der Waals surface area contributed by atoms with E-state index in [1.54, 1.807) is 24.3 Å². The number of carbonyl (C=O) groups is 1. The lowest BCUT2D eigenvalue weighted by atomic mass is 10.1. The Morgan fingerprint density at radius 3 is 2.47 bits per heavy atom. The fraction of sp³-hybridized carbons (Fsp3) is 0.150. The number of hydrogen-bond donors (Lipinski definition) is 3. The summed E-state index contributed by atoms with van der Waals surface area (Å²) in [6.45, 7) is 0. The highest BCUT2D eigenvalue weighted by atomic mass is 35.5. The first-order valence-electron chi connectivity index (χ1n) is 9.15. The molecule has 6 N–H and O–H groups in total. The largest absolute Gasteiger partial charge is 0.497 e. The summed E-state index contributed by atoms with van der Waals surface area (Å²) in [7, 11) is -2.96. The minimum absolute atomic E-state index is 0.0592. The number of halogens is 1. The zero-order chi connectivity index (χ0) is 23.5. The summed E-state index contributed by atoms with van der Waals surface area (Å²) in [5.74, 6) is -0.678. The molecule has 0 radical (unpaired) electrons. The molecule has 1 aromatic heterocycles. The van der Waals surface area contributed by atoms with E-state index in [1.807, 2.05) is 0 Å². The molecule has 1 heterocycles. The normalized spacial score (nSPS) is 12.2. The Labute approximate surface area is 189 Å². The second kappa shape index (κ2) is 9.39. The molecule has 32 heavy (non-hydrogen) atoms. The predicted octanol–water partition coefficient (Wildman–Crippen LogP) is 1.60. The number of ether oxygens (including phenoxy) is 1. The summed E-state index contributed by atoms with van der Waals surface area (Å²) in [4.78, 5) is 19.9. The summed E-state index contributed by atoms with van der Waals surface area (Å²) >= 11 is 6.12. The second-order valence-electron chi connectivity index (χ2n) is 6.69. The Balaban J connectivity index is 1.85. The van der Waals surface area contributed by atoms with Crippen molar-refractivity contribution >= 4 is 50.2 Å². The first-order valence-corrected chi connectivity index (χ1v) is 10.9. The SMILES string of the molecule is COc1ccc(CC(N)C(=O)OS(=O)(=O)c2ccc3c(Cl)cnc(N=C(N)N)c3c2)cc1. The van der Waals surface area contributed by atoms with Crippen LogP contribution in [-0.2, 0) is 25.5 Å². The Morgan fingerprint density at radius 1 is 1.16 bits per heavy atom. The summed E-state index contributed by atoms with van der Waals surface area (Å²) in [5.41, 5.74) is 17.4. The van der Waals surface area contributed by atoms with Crippen LogP contribution in [-0.4, -0.2) is 38.5 Å². The Bertz CT molecular complexity index is 1290. The number of aliphatic imine (C=N–C) groups is 1. The van der Waals surface area contributed by atoms with Crippen molar-refractivity contribution in [1.29, 1.82) is 0 Å². The lowest BCUT2D eigenvalue weighted by Crippen LogP contribution is -2.35. The second-order valence-corrected chi connectivity index (χ2v) is 8.64. The molecule has 3 aromatic rings. The van der Waals surface area contributed by atoms with Crippen LogP contribution in [0.1, 0.15) is 5.56 Å². The van der Waals surface area contributed by atoms with Crippen LogP contribution in [0, 0.1) is 0 Å². The fourth-order valence-corrected chi connectivity index (χ4v) is 4.00. The molecule has 0 saturated carbocycles. The van der Waals surface area contributed by atoms with E-state index < -0.39 is 22.1 Å². The highest BCUT2D eigenvalue weighted by Gasteiger charge is 2.26. The van der Waals surface area contributed by atoms with Crippen molar-refractivity contribution in [3.8, 4) is 5.75 Å². The molecule has 0 amide bonds. The average Bonchev–Trinajstić information content (AvgIpc) is 2.75. The molecule has 0 fully saturated rings. The van der Waals surface area contributed by atoms with E-state index >= 15 is 0 Å². The van der Waals surface area contributed by atoms with Gasteiger partial charge in [0.15, 0.2) is 11.8 Å². The minimum atomic E-state index is -4.49. The Morgan fingerprint density at radius 2 is 1.84 bits per heavy atom. The molecule has 1 unspecified atom stereocenters. The smallest absolute Gasteiger partial charge is 0.341 e. The van der Waals surface area contributed by atoms with Crippen LogP contribution in [0.15, 0.2) is 58.5 Å². The number of rotatable bonds is 7. The van der Waals surface area contributed by atoms with E-state index in [0.717, 1.165) is 0 Å². The van der Waals surface area contributed by atoms with Crippen molar-refractivity contribution in [3.63, 3.8) is 0 Å². The number of fused-ring (bicyclic) bond motifs is 1. The lowest BCUT2D eigenvalue weighted by Gasteiger charge is -2.13. The average molecular weight is 478 g/mol. The molecule has 0 aliphatic rings. The van der Waals surface area contributed by atoms with Crippen LogP contribution in [0.25, 0.3) is 10.8 Å². The van der Waals surface area contributed by atoms with Crippen molar-refractivity contribution in [1.82, 2.24) is 4.98 Å². The number of aromatic nitrogens is 1. The standard InChI is InChI=1S/C20H20ClN5O5S/c1-30-12-4-2-11(3-5-12)8-17(22)19(27)31-32(28,29)13-6-7-14-15(9-13)18(26-20(23)24)25-10-16(14)21/h2-7,9-10,17H,8,22H2,1H3,(H4,23,24,25,26). The van der Waals surface area contributed by atoms with Gasteiger partial charge in [0.05, 0.1) is 12.1 Å². The van der Waals surface area contributed by atoms with Gasteiger partial charge in [0, 0.05) is 17.0 Å². The molecule has 0 aliphatic heterocycles. The lowest BCUT2D eigenvalue weighted by molar-refractivity contribution is -0.135. The fourth-order valence-electron chi connectivity index (χ4n) is 2.86. The van der Waals surface area contributed by atoms with Crippen LogP contribution in [0.3, 0.4) is 0 Å². The van der Waals surface area contributed by atoms with Gasteiger partial charge >= 0.3 is 16.1 Å². The number of benzene rings is 2. The molecule has 3 rings (SSSR count). The highest BCUT2D eigenvalue weighted by Crippen LogP contribution is 2.32. The minimum Gasteiger partial charge on any atom is -0.497 e. The van der Waals surface area contributed by atoms with Gasteiger partial charge in [-0.25, -0.2) is 9.78 Å². The van der Waals surface area contributed by atoms with Crippen molar-refractivity contribution in [3.05, 3.63) is 59.2 Å². The van der Waals surface area contributed by atoms with Crippen molar-refractivity contribution < 1.29 is 22.1 Å². The van der Waals surface area contributed by atoms with Gasteiger partial charge in [-0.05, 0) is 36.2 Å². The third-order valence-electron chi connectivity index (χ3n) is 4.42. The van der Waals surface area contributed by atoms with Gasteiger partial charge in [0.25, 0.3) is 0 Å². The maximum atomic E-state index is 12.7. The van der Waals surface area contributed by atoms with E-state index in [0.29, 0.717) is 16.7 Å². The molecular formula is C20H20ClN5O5S. The Kier molecular flexibility index (Phi) is 6.82. The molecule has 0 bridgehead atoms.